The molecule has 1 aliphatic carbocycles. The molecule has 1 aliphatic rings. The molecule has 0 spiro atoms. The van der Waals surface area contributed by atoms with E-state index in [1.807, 2.05) is 12.3 Å². The van der Waals surface area contributed by atoms with Crippen molar-refractivity contribution in [2.45, 2.75) is 65.8 Å². The van der Waals surface area contributed by atoms with Gasteiger partial charge >= 0.3 is 0 Å². The lowest BCUT2D eigenvalue weighted by atomic mass is 9.68. The van der Waals surface area contributed by atoms with Gasteiger partial charge in [-0.1, -0.05) is 33.8 Å². The maximum atomic E-state index is 4.51. The first-order valence-electron chi connectivity index (χ1n) is 8.64. The van der Waals surface area contributed by atoms with Crippen LogP contribution in [-0.4, -0.2) is 17.6 Å². The first-order chi connectivity index (χ1) is 10.0. The third kappa shape index (κ3) is 4.81. The summed E-state index contributed by atoms with van der Waals surface area (Å²) < 4.78 is 0. The zero-order valence-corrected chi connectivity index (χ0v) is 14.2. The molecule has 0 saturated heterocycles. The lowest BCUT2D eigenvalue weighted by molar-refractivity contribution is 0.132. The van der Waals surface area contributed by atoms with E-state index in [0.717, 1.165) is 24.8 Å². The van der Waals surface area contributed by atoms with Crippen LogP contribution in [0.3, 0.4) is 0 Å². The Bertz CT molecular complexity index is 399. The molecule has 2 nitrogen and oxygen atoms in total. The highest BCUT2D eigenvalue weighted by atomic mass is 14.9. The smallest absolute Gasteiger partial charge is 0.0419 e. The van der Waals surface area contributed by atoms with Crippen LogP contribution in [-0.2, 0) is 6.42 Å². The van der Waals surface area contributed by atoms with E-state index in [1.165, 1.54) is 31.4 Å². The van der Waals surface area contributed by atoms with E-state index in [2.05, 4.69) is 50.1 Å². The van der Waals surface area contributed by atoms with Crippen LogP contribution in [0, 0.1) is 17.3 Å². The maximum absolute atomic E-state index is 4.51. The van der Waals surface area contributed by atoms with Crippen LogP contribution in [0.25, 0.3) is 0 Å². The molecule has 1 fully saturated rings. The van der Waals surface area contributed by atoms with Gasteiger partial charge in [0.15, 0.2) is 0 Å². The van der Waals surface area contributed by atoms with Crippen molar-refractivity contribution in [1.82, 2.24) is 10.3 Å². The van der Waals surface area contributed by atoms with Crippen LogP contribution >= 0.6 is 0 Å². The Morgan fingerprint density at radius 3 is 2.43 bits per heavy atom. The predicted octanol–water partition coefficient (Wildman–Crippen LogP) is 4.45. The Morgan fingerprint density at radius 1 is 1.19 bits per heavy atom. The Kier molecular flexibility index (Phi) is 5.80. The van der Waals surface area contributed by atoms with Gasteiger partial charge in [0.05, 0.1) is 0 Å². The van der Waals surface area contributed by atoms with Crippen molar-refractivity contribution in [3.05, 3.63) is 30.1 Å². The van der Waals surface area contributed by atoms with E-state index in [0.29, 0.717) is 11.5 Å². The summed E-state index contributed by atoms with van der Waals surface area (Å²) in [6.07, 6.45) is 8.49. The van der Waals surface area contributed by atoms with Crippen molar-refractivity contribution in [2.24, 2.45) is 17.3 Å². The van der Waals surface area contributed by atoms with Gasteiger partial charge in [0.1, 0.15) is 0 Å². The zero-order chi connectivity index (χ0) is 15.3. The quantitative estimate of drug-likeness (QED) is 0.865. The zero-order valence-electron chi connectivity index (χ0n) is 14.2. The molecular formula is C19H32N2. The molecule has 1 heterocycles. The SMILES string of the molecule is CCNC(Cc1ccccn1)C1CCC(C(C)(C)C)CC1. The lowest BCUT2D eigenvalue weighted by Crippen LogP contribution is -2.41. The molecule has 0 aromatic carbocycles. The minimum atomic E-state index is 0.472. The van der Waals surface area contributed by atoms with Gasteiger partial charge in [-0.25, -0.2) is 0 Å². The minimum Gasteiger partial charge on any atom is -0.314 e. The van der Waals surface area contributed by atoms with Crippen LogP contribution < -0.4 is 5.32 Å². The van der Waals surface area contributed by atoms with E-state index in [4.69, 9.17) is 0 Å². The summed E-state index contributed by atoms with van der Waals surface area (Å²) in [6, 6.07) is 6.85. The highest BCUT2D eigenvalue weighted by Gasteiger charge is 2.32. The number of pyridine rings is 1. The third-order valence-electron chi connectivity index (χ3n) is 5.19. The summed E-state index contributed by atoms with van der Waals surface area (Å²) in [4.78, 5) is 4.51. The summed E-state index contributed by atoms with van der Waals surface area (Å²) in [5.41, 5.74) is 1.70. The Labute approximate surface area is 130 Å². The van der Waals surface area contributed by atoms with Gasteiger partial charge in [0.2, 0.25) is 0 Å². The van der Waals surface area contributed by atoms with Gasteiger partial charge in [-0.15, -0.1) is 0 Å². The molecular weight excluding hydrogens is 256 g/mol. The average molecular weight is 288 g/mol. The fourth-order valence-corrected chi connectivity index (χ4v) is 3.80. The highest BCUT2D eigenvalue weighted by Crippen LogP contribution is 2.40. The number of nitrogens with one attached hydrogen (secondary N) is 1. The van der Waals surface area contributed by atoms with E-state index < -0.39 is 0 Å². The molecule has 1 unspecified atom stereocenters. The lowest BCUT2D eigenvalue weighted by Gasteiger charge is -2.39. The molecule has 0 amide bonds. The van der Waals surface area contributed by atoms with E-state index >= 15 is 0 Å². The summed E-state index contributed by atoms with van der Waals surface area (Å²) in [6.45, 7) is 10.5. The maximum Gasteiger partial charge on any atom is 0.0419 e. The number of hydrogen-bond donors (Lipinski definition) is 1. The van der Waals surface area contributed by atoms with Gasteiger partial charge < -0.3 is 5.32 Å². The molecule has 1 N–H and O–H groups in total. The minimum absolute atomic E-state index is 0.472. The normalized spacial score (nSPS) is 24.8. The number of aromatic nitrogens is 1. The van der Waals surface area contributed by atoms with Gasteiger partial charge in [-0.3, -0.25) is 4.98 Å². The first-order valence-corrected chi connectivity index (χ1v) is 8.64. The number of hydrogen-bond acceptors (Lipinski definition) is 2. The van der Waals surface area contributed by atoms with Gasteiger partial charge in [-0.05, 0) is 61.6 Å². The highest BCUT2D eigenvalue weighted by molar-refractivity contribution is 5.06. The summed E-state index contributed by atoms with van der Waals surface area (Å²) in [7, 11) is 0. The second-order valence-corrected chi connectivity index (χ2v) is 7.67. The molecule has 0 aliphatic heterocycles. The molecule has 1 aromatic heterocycles. The predicted molar refractivity (Wildman–Crippen MR) is 90.3 cm³/mol. The number of likely N-dealkylation sites (N-methyl/N-ethyl adjacent to an activating group) is 1. The van der Waals surface area contributed by atoms with E-state index in [-0.39, 0.29) is 0 Å². The van der Waals surface area contributed by atoms with Crippen molar-refractivity contribution in [3.63, 3.8) is 0 Å². The van der Waals surface area contributed by atoms with Crippen LogP contribution in [0.2, 0.25) is 0 Å². The Balaban J connectivity index is 1.94. The Hall–Kier alpha value is -0.890. The van der Waals surface area contributed by atoms with Crippen LogP contribution in [0.1, 0.15) is 59.1 Å². The molecule has 2 rings (SSSR count). The molecule has 1 saturated carbocycles. The molecule has 21 heavy (non-hydrogen) atoms. The fourth-order valence-electron chi connectivity index (χ4n) is 3.80. The van der Waals surface area contributed by atoms with Crippen LogP contribution in [0.5, 0.6) is 0 Å². The topological polar surface area (TPSA) is 24.9 Å². The second kappa shape index (κ2) is 7.40. The van der Waals surface area contributed by atoms with Crippen LogP contribution in [0.15, 0.2) is 24.4 Å². The fraction of sp³-hybridized carbons (Fsp3) is 0.737. The Morgan fingerprint density at radius 2 is 1.90 bits per heavy atom. The monoisotopic (exact) mass is 288 g/mol. The van der Waals surface area contributed by atoms with Crippen molar-refractivity contribution >= 4 is 0 Å². The molecule has 2 heteroatoms. The van der Waals surface area contributed by atoms with Crippen LogP contribution in [0.4, 0.5) is 0 Å². The largest absolute Gasteiger partial charge is 0.314 e. The molecule has 118 valence electrons. The summed E-state index contributed by atoms with van der Waals surface area (Å²) in [5.74, 6) is 1.71. The molecule has 0 bridgehead atoms. The average Bonchev–Trinajstić information content (AvgIpc) is 2.47. The van der Waals surface area contributed by atoms with Crippen molar-refractivity contribution in [2.75, 3.05) is 6.54 Å². The van der Waals surface area contributed by atoms with Crippen molar-refractivity contribution in [3.8, 4) is 0 Å². The first kappa shape index (κ1) is 16.5. The van der Waals surface area contributed by atoms with Crippen molar-refractivity contribution in [1.29, 1.82) is 0 Å². The summed E-state index contributed by atoms with van der Waals surface area (Å²) in [5, 5.41) is 3.71. The van der Waals surface area contributed by atoms with Gasteiger partial charge in [0.25, 0.3) is 0 Å². The number of nitrogens with zero attached hydrogens (tertiary/aromatic N) is 1. The van der Waals surface area contributed by atoms with Crippen molar-refractivity contribution < 1.29 is 0 Å². The second-order valence-electron chi connectivity index (χ2n) is 7.67. The van der Waals surface area contributed by atoms with E-state index in [1.54, 1.807) is 0 Å². The van der Waals surface area contributed by atoms with E-state index in [9.17, 15) is 0 Å². The number of rotatable bonds is 5. The standard InChI is InChI=1S/C19H32N2/c1-5-20-18(14-17-8-6-7-13-21-17)15-9-11-16(12-10-15)19(2,3)4/h6-8,13,15-16,18,20H,5,9-12,14H2,1-4H3. The van der Waals surface area contributed by atoms with Gasteiger partial charge in [-0.2, -0.15) is 0 Å². The molecule has 0 radical (unpaired) electrons. The third-order valence-corrected chi connectivity index (χ3v) is 5.19. The molecule has 1 atom stereocenters. The summed E-state index contributed by atoms with van der Waals surface area (Å²) >= 11 is 0. The van der Waals surface area contributed by atoms with Gasteiger partial charge in [0, 0.05) is 24.4 Å². The molecule has 1 aromatic rings.